The molecule has 2 heterocycles. The Morgan fingerprint density at radius 3 is 2.41 bits per heavy atom. The highest BCUT2D eigenvalue weighted by molar-refractivity contribution is 6.16. The van der Waals surface area contributed by atoms with E-state index in [9.17, 15) is 9.59 Å². The van der Waals surface area contributed by atoms with Crippen LogP contribution < -0.4 is 20.5 Å². The number of carbonyl (C=O) groups excluding carboxylic acids is 2. The molecule has 11 heteroatoms. The third-order valence-electron chi connectivity index (χ3n) is 6.78. The summed E-state index contributed by atoms with van der Waals surface area (Å²) >= 11 is 0. The number of aromatic nitrogens is 1. The number of ether oxygens (including phenoxy) is 5. The number of nitrogens with one attached hydrogen (secondary N) is 1. The highest BCUT2D eigenvalue weighted by Gasteiger charge is 2.19. The number of hydrogen-bond donors (Lipinski definition) is 2. The van der Waals surface area contributed by atoms with Crippen LogP contribution in [0.15, 0.2) is 48.7 Å². The lowest BCUT2D eigenvalue weighted by Gasteiger charge is -2.26. The van der Waals surface area contributed by atoms with E-state index in [0.29, 0.717) is 62.1 Å². The van der Waals surface area contributed by atoms with E-state index in [0.717, 1.165) is 50.3 Å². The zero-order valence-corrected chi connectivity index (χ0v) is 23.6. The Bertz CT molecular complexity index is 1260. The summed E-state index contributed by atoms with van der Waals surface area (Å²) in [6.45, 7) is 7.32. The first-order valence-corrected chi connectivity index (χ1v) is 14.0. The van der Waals surface area contributed by atoms with Crippen molar-refractivity contribution in [3.05, 3.63) is 59.8 Å². The maximum Gasteiger partial charge on any atom is 0.258 e. The predicted octanol–water partition coefficient (Wildman–Crippen LogP) is 1.70. The molecule has 11 nitrogen and oxygen atoms in total. The van der Waals surface area contributed by atoms with Gasteiger partial charge in [0.2, 0.25) is 0 Å². The van der Waals surface area contributed by atoms with Gasteiger partial charge in [-0.3, -0.25) is 14.5 Å². The van der Waals surface area contributed by atoms with Crippen molar-refractivity contribution < 1.29 is 33.3 Å². The van der Waals surface area contributed by atoms with Gasteiger partial charge in [0.25, 0.3) is 5.91 Å². The number of rotatable bonds is 17. The number of morpholine rings is 1. The van der Waals surface area contributed by atoms with E-state index in [1.807, 2.05) is 24.4 Å². The van der Waals surface area contributed by atoms with Crippen molar-refractivity contribution in [2.75, 3.05) is 86.1 Å². The Kier molecular flexibility index (Phi) is 12.0. The van der Waals surface area contributed by atoms with Gasteiger partial charge in [0.05, 0.1) is 46.8 Å². The zero-order valence-electron chi connectivity index (χ0n) is 23.6. The van der Waals surface area contributed by atoms with E-state index in [-0.39, 0.29) is 18.3 Å². The van der Waals surface area contributed by atoms with Gasteiger partial charge in [-0.2, -0.15) is 0 Å². The fourth-order valence-corrected chi connectivity index (χ4v) is 4.57. The molecule has 41 heavy (non-hydrogen) atoms. The van der Waals surface area contributed by atoms with Crippen LogP contribution in [0.1, 0.15) is 15.9 Å². The lowest BCUT2D eigenvalue weighted by Crippen LogP contribution is -2.38. The number of amides is 1. The second-order valence-corrected chi connectivity index (χ2v) is 9.58. The van der Waals surface area contributed by atoms with E-state index < -0.39 is 0 Å². The number of carbonyl (C=O) groups is 2. The standard InChI is InChI=1S/C30H40N4O7/c1-37-24-4-2-23(3-5-24)30(36)27-21-34(11-10-33-12-16-40-17-13-33)28-7-6-25(20-26(27)28)41-22-29(35)32-9-15-39-19-18-38-14-8-31/h2-7,20-21H,8-19,22,31H2,1H3,(H,32,35). The number of benzene rings is 2. The molecule has 0 saturated carbocycles. The van der Waals surface area contributed by atoms with Crippen molar-refractivity contribution in [2.45, 2.75) is 6.54 Å². The minimum atomic E-state index is -0.259. The van der Waals surface area contributed by atoms with E-state index >= 15 is 0 Å². The average molecular weight is 569 g/mol. The SMILES string of the molecule is COc1ccc(C(=O)c2cn(CCN3CCOCC3)c3ccc(OCC(=O)NCCOCCOCCN)cc23)cc1. The third kappa shape index (κ3) is 9.00. The average Bonchev–Trinajstić information content (AvgIpc) is 3.38. The first-order valence-electron chi connectivity index (χ1n) is 14.0. The van der Waals surface area contributed by atoms with E-state index in [4.69, 9.17) is 29.4 Å². The van der Waals surface area contributed by atoms with Crippen molar-refractivity contribution in [2.24, 2.45) is 5.73 Å². The van der Waals surface area contributed by atoms with Crippen LogP contribution >= 0.6 is 0 Å². The van der Waals surface area contributed by atoms with E-state index in [1.165, 1.54) is 0 Å². The molecule has 1 amide bonds. The summed E-state index contributed by atoms with van der Waals surface area (Å²) in [5, 5.41) is 3.55. The van der Waals surface area contributed by atoms with Crippen LogP contribution in [0.3, 0.4) is 0 Å². The van der Waals surface area contributed by atoms with Crippen LogP contribution in [0.4, 0.5) is 0 Å². The Morgan fingerprint density at radius 2 is 1.68 bits per heavy atom. The van der Waals surface area contributed by atoms with Gasteiger partial charge in [-0.15, -0.1) is 0 Å². The molecule has 2 aromatic carbocycles. The van der Waals surface area contributed by atoms with Crippen LogP contribution in [0.25, 0.3) is 10.9 Å². The van der Waals surface area contributed by atoms with Gasteiger partial charge in [0.1, 0.15) is 11.5 Å². The summed E-state index contributed by atoms with van der Waals surface area (Å²) in [7, 11) is 1.59. The van der Waals surface area contributed by atoms with Crippen molar-refractivity contribution >= 4 is 22.6 Å². The maximum absolute atomic E-state index is 13.6. The first-order chi connectivity index (χ1) is 20.1. The monoisotopic (exact) mass is 568 g/mol. The largest absolute Gasteiger partial charge is 0.497 e. The van der Waals surface area contributed by atoms with Crippen molar-refractivity contribution in [1.29, 1.82) is 0 Å². The fraction of sp³-hybridized carbons (Fsp3) is 0.467. The fourth-order valence-electron chi connectivity index (χ4n) is 4.57. The number of methoxy groups -OCH3 is 1. The van der Waals surface area contributed by atoms with Gasteiger partial charge in [0.15, 0.2) is 12.4 Å². The Balaban J connectivity index is 1.41. The molecule has 0 aliphatic carbocycles. The molecule has 0 bridgehead atoms. The lowest BCUT2D eigenvalue weighted by atomic mass is 10.0. The van der Waals surface area contributed by atoms with E-state index in [2.05, 4.69) is 14.8 Å². The minimum Gasteiger partial charge on any atom is -0.497 e. The third-order valence-corrected chi connectivity index (χ3v) is 6.78. The molecular formula is C30H40N4O7. The molecule has 1 aromatic heterocycles. The van der Waals surface area contributed by atoms with Gasteiger partial charge in [-0.05, 0) is 42.5 Å². The van der Waals surface area contributed by atoms with E-state index in [1.54, 1.807) is 31.4 Å². The van der Waals surface area contributed by atoms with Crippen molar-refractivity contribution in [1.82, 2.24) is 14.8 Å². The smallest absolute Gasteiger partial charge is 0.258 e. The summed E-state index contributed by atoms with van der Waals surface area (Å²) in [5.74, 6) is 0.846. The molecule has 1 aliphatic rings. The second-order valence-electron chi connectivity index (χ2n) is 9.58. The number of fused-ring (bicyclic) bond motifs is 1. The summed E-state index contributed by atoms with van der Waals surface area (Å²) in [6.07, 6.45) is 1.91. The number of hydrogen-bond acceptors (Lipinski definition) is 9. The molecule has 4 rings (SSSR count). The molecule has 1 fully saturated rings. The molecule has 0 spiro atoms. The summed E-state index contributed by atoms with van der Waals surface area (Å²) in [5.41, 5.74) is 7.44. The number of nitrogens with zero attached hydrogens (tertiary/aromatic N) is 2. The summed E-state index contributed by atoms with van der Waals surface area (Å²) in [4.78, 5) is 28.2. The van der Waals surface area contributed by atoms with Gasteiger partial charge in [-0.25, -0.2) is 0 Å². The molecule has 0 atom stereocenters. The lowest BCUT2D eigenvalue weighted by molar-refractivity contribution is -0.123. The molecule has 3 N–H and O–H groups in total. The van der Waals surface area contributed by atoms with Gasteiger partial charge in [0, 0.05) is 67.5 Å². The second kappa shape index (κ2) is 16.1. The van der Waals surface area contributed by atoms with Crippen LogP contribution in [-0.2, 0) is 25.5 Å². The minimum absolute atomic E-state index is 0.0916. The Labute approximate surface area is 240 Å². The molecule has 0 unspecified atom stereocenters. The molecular weight excluding hydrogens is 528 g/mol. The zero-order chi connectivity index (χ0) is 28.9. The van der Waals surface area contributed by atoms with Crippen molar-refractivity contribution in [3.8, 4) is 11.5 Å². The first kappa shape index (κ1) is 30.5. The predicted molar refractivity (Wildman–Crippen MR) is 155 cm³/mol. The summed E-state index contributed by atoms with van der Waals surface area (Å²) in [6, 6.07) is 12.7. The van der Waals surface area contributed by atoms with Crippen LogP contribution in [-0.4, -0.2) is 107 Å². The van der Waals surface area contributed by atoms with Crippen LogP contribution in [0.2, 0.25) is 0 Å². The highest BCUT2D eigenvalue weighted by Crippen LogP contribution is 2.28. The normalized spacial score (nSPS) is 13.8. The molecule has 3 aromatic rings. The number of ketones is 1. The number of nitrogens with two attached hydrogens (primary N) is 1. The van der Waals surface area contributed by atoms with Crippen molar-refractivity contribution in [3.63, 3.8) is 0 Å². The Hall–Kier alpha value is -3.48. The maximum atomic E-state index is 13.6. The molecule has 222 valence electrons. The quantitative estimate of drug-likeness (QED) is 0.185. The van der Waals surface area contributed by atoms with Gasteiger partial charge in [-0.1, -0.05) is 0 Å². The van der Waals surface area contributed by atoms with Crippen LogP contribution in [0, 0.1) is 0 Å². The molecule has 0 radical (unpaired) electrons. The molecule has 1 saturated heterocycles. The topological polar surface area (TPSA) is 127 Å². The van der Waals surface area contributed by atoms with Gasteiger partial charge >= 0.3 is 0 Å². The molecule has 1 aliphatic heterocycles. The van der Waals surface area contributed by atoms with Gasteiger partial charge < -0.3 is 39.3 Å². The van der Waals surface area contributed by atoms with Crippen LogP contribution in [0.5, 0.6) is 11.5 Å². The highest BCUT2D eigenvalue weighted by atomic mass is 16.5. The summed E-state index contributed by atoms with van der Waals surface area (Å²) < 4.78 is 29.3. The Morgan fingerprint density at radius 1 is 0.951 bits per heavy atom.